The van der Waals surface area contributed by atoms with Gasteiger partial charge in [-0.1, -0.05) is 6.92 Å². The lowest BCUT2D eigenvalue weighted by Crippen LogP contribution is -2.52. The standard InChI is InChI=1S/C15H31NO3S/c1-8-9-16-13(11(2)20(7,17)18)12-10-14(3,4)19-15(12,5)6/h11-13,16H,8-10H2,1-7H3. The summed E-state index contributed by atoms with van der Waals surface area (Å²) >= 11 is 0. The Morgan fingerprint density at radius 1 is 1.30 bits per heavy atom. The SMILES string of the molecule is CCCNC(C1CC(C)(C)OC1(C)C)C(C)S(C)(=O)=O. The number of hydrogen-bond donors (Lipinski definition) is 1. The molecule has 1 fully saturated rings. The molecule has 3 atom stereocenters. The van der Waals surface area contributed by atoms with Crippen LogP contribution in [0.3, 0.4) is 0 Å². The van der Waals surface area contributed by atoms with Gasteiger partial charge < -0.3 is 10.1 Å². The van der Waals surface area contributed by atoms with Gasteiger partial charge in [0.25, 0.3) is 0 Å². The molecule has 0 radical (unpaired) electrons. The minimum atomic E-state index is -3.08. The first kappa shape index (κ1) is 17.9. The Morgan fingerprint density at radius 2 is 1.85 bits per heavy atom. The molecule has 1 aliphatic heterocycles. The van der Waals surface area contributed by atoms with Gasteiger partial charge in [-0.3, -0.25) is 0 Å². The smallest absolute Gasteiger partial charge is 0.151 e. The number of nitrogens with one attached hydrogen (secondary N) is 1. The topological polar surface area (TPSA) is 55.4 Å². The molecule has 5 heteroatoms. The van der Waals surface area contributed by atoms with Crippen molar-refractivity contribution in [2.75, 3.05) is 12.8 Å². The van der Waals surface area contributed by atoms with Crippen molar-refractivity contribution in [2.24, 2.45) is 5.92 Å². The normalized spacial score (nSPS) is 28.2. The van der Waals surface area contributed by atoms with Gasteiger partial charge in [-0.25, -0.2) is 8.42 Å². The molecular formula is C15H31NO3S. The minimum absolute atomic E-state index is 0.0678. The fourth-order valence-electron chi connectivity index (χ4n) is 3.38. The number of sulfone groups is 1. The maximum Gasteiger partial charge on any atom is 0.151 e. The van der Waals surface area contributed by atoms with Crippen molar-refractivity contribution in [2.45, 2.75) is 76.9 Å². The second kappa shape index (κ2) is 5.93. The van der Waals surface area contributed by atoms with E-state index in [2.05, 4.69) is 39.9 Å². The third-order valence-corrected chi connectivity index (χ3v) is 6.03. The van der Waals surface area contributed by atoms with Crippen LogP contribution in [0, 0.1) is 5.92 Å². The largest absolute Gasteiger partial charge is 0.369 e. The summed E-state index contributed by atoms with van der Waals surface area (Å²) < 4.78 is 30.1. The Bertz CT molecular complexity index is 428. The fourth-order valence-corrected chi connectivity index (χ4v) is 4.20. The molecule has 0 aliphatic carbocycles. The van der Waals surface area contributed by atoms with E-state index in [4.69, 9.17) is 4.74 Å². The molecule has 1 heterocycles. The lowest BCUT2D eigenvalue weighted by molar-refractivity contribution is -0.0776. The average molecular weight is 305 g/mol. The summed E-state index contributed by atoms with van der Waals surface area (Å²) in [6, 6.07) is -0.0678. The predicted octanol–water partition coefficient (Wildman–Crippen LogP) is 2.38. The molecule has 1 N–H and O–H groups in total. The maximum absolute atomic E-state index is 12.0. The van der Waals surface area contributed by atoms with E-state index >= 15 is 0 Å². The summed E-state index contributed by atoms with van der Waals surface area (Å²) in [5.74, 6) is 0.189. The molecule has 1 aliphatic rings. The van der Waals surface area contributed by atoms with E-state index < -0.39 is 15.1 Å². The van der Waals surface area contributed by atoms with Crippen molar-refractivity contribution in [3.63, 3.8) is 0 Å². The number of ether oxygens (including phenoxy) is 1. The van der Waals surface area contributed by atoms with Crippen LogP contribution in [-0.2, 0) is 14.6 Å². The fraction of sp³-hybridized carbons (Fsp3) is 1.00. The lowest BCUT2D eigenvalue weighted by Gasteiger charge is -2.36. The molecule has 0 aromatic heterocycles. The van der Waals surface area contributed by atoms with Crippen LogP contribution in [0.2, 0.25) is 0 Å². The Morgan fingerprint density at radius 3 is 2.20 bits per heavy atom. The van der Waals surface area contributed by atoms with Gasteiger partial charge in [0.2, 0.25) is 0 Å². The van der Waals surface area contributed by atoms with Crippen LogP contribution in [0.1, 0.15) is 54.4 Å². The van der Waals surface area contributed by atoms with Crippen LogP contribution in [0.25, 0.3) is 0 Å². The van der Waals surface area contributed by atoms with Crippen molar-refractivity contribution >= 4 is 9.84 Å². The highest BCUT2D eigenvalue weighted by molar-refractivity contribution is 7.91. The summed E-state index contributed by atoms with van der Waals surface area (Å²) in [7, 11) is -3.08. The highest BCUT2D eigenvalue weighted by atomic mass is 32.2. The van der Waals surface area contributed by atoms with Gasteiger partial charge in [-0.15, -0.1) is 0 Å². The van der Waals surface area contributed by atoms with Gasteiger partial charge in [0.1, 0.15) is 0 Å². The zero-order valence-electron chi connectivity index (χ0n) is 14.0. The van der Waals surface area contributed by atoms with Crippen LogP contribution < -0.4 is 5.32 Å². The minimum Gasteiger partial charge on any atom is -0.369 e. The van der Waals surface area contributed by atoms with Gasteiger partial charge in [0.05, 0.1) is 16.5 Å². The van der Waals surface area contributed by atoms with Crippen LogP contribution >= 0.6 is 0 Å². The van der Waals surface area contributed by atoms with Crippen molar-refractivity contribution in [3.05, 3.63) is 0 Å². The molecule has 4 nitrogen and oxygen atoms in total. The maximum atomic E-state index is 12.0. The van der Waals surface area contributed by atoms with Crippen LogP contribution in [-0.4, -0.2) is 43.7 Å². The first-order chi connectivity index (χ1) is 8.91. The summed E-state index contributed by atoms with van der Waals surface area (Å²) in [5, 5.41) is 3.05. The van der Waals surface area contributed by atoms with Gasteiger partial charge in [-0.2, -0.15) is 0 Å². The van der Waals surface area contributed by atoms with E-state index in [0.717, 1.165) is 19.4 Å². The van der Waals surface area contributed by atoms with Crippen molar-refractivity contribution < 1.29 is 13.2 Å². The van der Waals surface area contributed by atoms with Crippen LogP contribution in [0.5, 0.6) is 0 Å². The molecule has 0 aromatic carbocycles. The highest BCUT2D eigenvalue weighted by Crippen LogP contribution is 2.44. The zero-order chi connectivity index (χ0) is 15.8. The molecule has 20 heavy (non-hydrogen) atoms. The van der Waals surface area contributed by atoms with Gasteiger partial charge >= 0.3 is 0 Å². The van der Waals surface area contributed by atoms with Gasteiger partial charge in [0.15, 0.2) is 9.84 Å². The second-order valence-electron chi connectivity index (χ2n) is 7.29. The van der Waals surface area contributed by atoms with E-state index in [1.165, 1.54) is 6.26 Å². The molecule has 3 unspecified atom stereocenters. The third-order valence-electron chi connectivity index (χ3n) is 4.39. The summed E-state index contributed by atoms with van der Waals surface area (Å²) in [6.07, 6.45) is 3.19. The zero-order valence-corrected chi connectivity index (χ0v) is 14.8. The summed E-state index contributed by atoms with van der Waals surface area (Å²) in [6.45, 7) is 13.0. The predicted molar refractivity (Wildman–Crippen MR) is 83.7 cm³/mol. The molecule has 0 spiro atoms. The van der Waals surface area contributed by atoms with Crippen molar-refractivity contribution in [1.82, 2.24) is 5.32 Å². The highest BCUT2D eigenvalue weighted by Gasteiger charge is 2.51. The molecule has 0 amide bonds. The third kappa shape index (κ3) is 4.18. The van der Waals surface area contributed by atoms with Crippen LogP contribution in [0.15, 0.2) is 0 Å². The number of hydrogen-bond acceptors (Lipinski definition) is 4. The molecule has 1 saturated heterocycles. The monoisotopic (exact) mass is 305 g/mol. The first-order valence-corrected chi connectivity index (χ1v) is 9.48. The van der Waals surface area contributed by atoms with E-state index in [1.54, 1.807) is 0 Å². The molecule has 0 bridgehead atoms. The van der Waals surface area contributed by atoms with E-state index in [-0.39, 0.29) is 23.2 Å². The molecule has 1 rings (SSSR count). The van der Waals surface area contributed by atoms with Gasteiger partial charge in [0, 0.05) is 18.2 Å². The Balaban J connectivity index is 3.05. The van der Waals surface area contributed by atoms with Crippen molar-refractivity contribution in [3.8, 4) is 0 Å². The average Bonchev–Trinajstić information content (AvgIpc) is 2.46. The Kier molecular flexibility index (Phi) is 5.32. The Labute approximate surface area is 124 Å². The van der Waals surface area contributed by atoms with Crippen LogP contribution in [0.4, 0.5) is 0 Å². The summed E-state index contributed by atoms with van der Waals surface area (Å²) in [5.41, 5.74) is -0.509. The molecule has 120 valence electrons. The lowest BCUT2D eigenvalue weighted by atomic mass is 9.80. The van der Waals surface area contributed by atoms with E-state index in [0.29, 0.717) is 0 Å². The molecular weight excluding hydrogens is 274 g/mol. The van der Waals surface area contributed by atoms with Gasteiger partial charge in [-0.05, 0) is 54.0 Å². The van der Waals surface area contributed by atoms with E-state index in [9.17, 15) is 8.42 Å². The molecule has 0 saturated carbocycles. The first-order valence-electron chi connectivity index (χ1n) is 7.53. The number of rotatable bonds is 6. The second-order valence-corrected chi connectivity index (χ2v) is 9.69. The molecule has 0 aromatic rings. The Hall–Kier alpha value is -0.130. The quantitative estimate of drug-likeness (QED) is 0.818. The van der Waals surface area contributed by atoms with Crippen molar-refractivity contribution in [1.29, 1.82) is 0 Å². The van der Waals surface area contributed by atoms with E-state index in [1.807, 2.05) is 6.92 Å². The summed E-state index contributed by atoms with van der Waals surface area (Å²) in [4.78, 5) is 0.